The van der Waals surface area contributed by atoms with Gasteiger partial charge in [0.25, 0.3) is 5.91 Å². The summed E-state index contributed by atoms with van der Waals surface area (Å²) in [6.45, 7) is 10.9. The first-order valence-corrected chi connectivity index (χ1v) is 7.34. The first kappa shape index (κ1) is 18.7. The number of hydrogen-bond acceptors (Lipinski definition) is 2. The minimum Gasteiger partial charge on any atom is -0.267 e. The van der Waals surface area contributed by atoms with Crippen molar-refractivity contribution < 1.29 is 14.0 Å². The SMILES string of the molecule is CC(C)(C)C#CC(=O)NN(C(=O)c1cccc(F)c1)C(C)(C)C. The molecule has 124 valence electrons. The summed E-state index contributed by atoms with van der Waals surface area (Å²) in [6.07, 6.45) is 0. The summed E-state index contributed by atoms with van der Waals surface area (Å²) in [5.41, 5.74) is 1.64. The minimum atomic E-state index is -0.692. The van der Waals surface area contributed by atoms with Crippen LogP contribution in [-0.4, -0.2) is 22.4 Å². The van der Waals surface area contributed by atoms with Crippen LogP contribution in [-0.2, 0) is 4.79 Å². The molecule has 1 aromatic carbocycles. The lowest BCUT2D eigenvalue weighted by molar-refractivity contribution is -0.121. The Morgan fingerprint density at radius 2 is 1.74 bits per heavy atom. The molecule has 23 heavy (non-hydrogen) atoms. The monoisotopic (exact) mass is 318 g/mol. The molecule has 0 spiro atoms. The maximum Gasteiger partial charge on any atom is 0.314 e. The first-order chi connectivity index (χ1) is 10.4. The van der Waals surface area contributed by atoms with Crippen LogP contribution in [0.2, 0.25) is 0 Å². The molecule has 0 aromatic heterocycles. The van der Waals surface area contributed by atoms with Gasteiger partial charge in [-0.2, -0.15) is 0 Å². The van der Waals surface area contributed by atoms with Crippen LogP contribution in [0.5, 0.6) is 0 Å². The summed E-state index contributed by atoms with van der Waals surface area (Å²) in [7, 11) is 0. The third kappa shape index (κ3) is 6.11. The van der Waals surface area contributed by atoms with Gasteiger partial charge in [-0.3, -0.25) is 15.0 Å². The maximum absolute atomic E-state index is 13.3. The third-order valence-electron chi connectivity index (χ3n) is 2.71. The summed E-state index contributed by atoms with van der Waals surface area (Å²) in [5.74, 6) is 3.69. The number of carbonyl (C=O) groups excluding carboxylic acids is 2. The van der Waals surface area contributed by atoms with Crippen LogP contribution >= 0.6 is 0 Å². The van der Waals surface area contributed by atoms with E-state index in [1.165, 1.54) is 23.2 Å². The van der Waals surface area contributed by atoms with Gasteiger partial charge >= 0.3 is 5.91 Å². The number of nitrogens with one attached hydrogen (secondary N) is 1. The van der Waals surface area contributed by atoms with Crippen LogP contribution in [0.1, 0.15) is 51.9 Å². The quantitative estimate of drug-likeness (QED) is 0.639. The van der Waals surface area contributed by atoms with Crippen molar-refractivity contribution >= 4 is 11.8 Å². The van der Waals surface area contributed by atoms with E-state index in [1.54, 1.807) is 20.8 Å². The van der Waals surface area contributed by atoms with E-state index in [1.807, 2.05) is 20.8 Å². The lowest BCUT2D eigenvalue weighted by Crippen LogP contribution is -2.55. The number of halogens is 1. The molecular formula is C18H23FN2O2. The number of nitrogens with zero attached hydrogens (tertiary/aromatic N) is 1. The Kier molecular flexibility index (Phi) is 5.55. The number of hydrazine groups is 1. The average Bonchev–Trinajstić information content (AvgIpc) is 2.40. The largest absolute Gasteiger partial charge is 0.314 e. The molecule has 0 aliphatic rings. The van der Waals surface area contributed by atoms with Crippen LogP contribution in [0.25, 0.3) is 0 Å². The fourth-order valence-corrected chi connectivity index (χ4v) is 1.65. The molecule has 0 bridgehead atoms. The van der Waals surface area contributed by atoms with E-state index >= 15 is 0 Å². The van der Waals surface area contributed by atoms with Gasteiger partial charge in [0.2, 0.25) is 0 Å². The zero-order valence-corrected chi connectivity index (χ0v) is 14.5. The fraction of sp³-hybridized carbons (Fsp3) is 0.444. The molecule has 1 rings (SSSR count). The Balaban J connectivity index is 3.04. The number of carbonyl (C=O) groups is 2. The molecule has 2 amide bonds. The highest BCUT2D eigenvalue weighted by Crippen LogP contribution is 2.16. The molecule has 0 atom stereocenters. The molecule has 1 aromatic rings. The van der Waals surface area contributed by atoms with E-state index in [-0.39, 0.29) is 11.0 Å². The number of rotatable bonds is 1. The van der Waals surface area contributed by atoms with Crippen molar-refractivity contribution in [3.63, 3.8) is 0 Å². The fourth-order valence-electron chi connectivity index (χ4n) is 1.65. The predicted octanol–water partition coefficient (Wildman–Crippen LogP) is 3.15. The van der Waals surface area contributed by atoms with Crippen LogP contribution in [0.15, 0.2) is 24.3 Å². The van der Waals surface area contributed by atoms with Crippen molar-refractivity contribution in [2.45, 2.75) is 47.1 Å². The van der Waals surface area contributed by atoms with Crippen molar-refractivity contribution in [1.82, 2.24) is 10.4 Å². The van der Waals surface area contributed by atoms with Crippen molar-refractivity contribution in [3.05, 3.63) is 35.6 Å². The van der Waals surface area contributed by atoms with Crippen LogP contribution in [0.4, 0.5) is 4.39 Å². The van der Waals surface area contributed by atoms with E-state index < -0.39 is 23.2 Å². The van der Waals surface area contributed by atoms with Crippen molar-refractivity contribution in [3.8, 4) is 11.8 Å². The molecule has 1 N–H and O–H groups in total. The molecular weight excluding hydrogens is 295 g/mol. The normalized spacial score (nSPS) is 11.3. The smallest absolute Gasteiger partial charge is 0.267 e. The van der Waals surface area contributed by atoms with E-state index in [0.29, 0.717) is 0 Å². The number of amides is 2. The van der Waals surface area contributed by atoms with Gasteiger partial charge in [-0.1, -0.05) is 12.0 Å². The van der Waals surface area contributed by atoms with Crippen molar-refractivity contribution in [2.24, 2.45) is 5.41 Å². The second-order valence-electron chi connectivity index (χ2n) is 7.26. The molecule has 0 heterocycles. The van der Waals surface area contributed by atoms with Crippen molar-refractivity contribution in [2.75, 3.05) is 0 Å². The highest BCUT2D eigenvalue weighted by Gasteiger charge is 2.29. The minimum absolute atomic E-state index is 0.156. The predicted molar refractivity (Wildman–Crippen MR) is 87.7 cm³/mol. The van der Waals surface area contributed by atoms with Gasteiger partial charge in [0.15, 0.2) is 0 Å². The van der Waals surface area contributed by atoms with Gasteiger partial charge in [0.1, 0.15) is 5.82 Å². The lowest BCUT2D eigenvalue weighted by atomic mass is 9.98. The number of benzene rings is 1. The van der Waals surface area contributed by atoms with Crippen LogP contribution in [0, 0.1) is 23.1 Å². The van der Waals surface area contributed by atoms with Crippen molar-refractivity contribution in [1.29, 1.82) is 0 Å². The third-order valence-corrected chi connectivity index (χ3v) is 2.71. The summed E-state index contributed by atoms with van der Waals surface area (Å²) in [4.78, 5) is 24.6. The Morgan fingerprint density at radius 1 is 1.13 bits per heavy atom. The standard InChI is InChI=1S/C18H23FN2O2/c1-17(2,3)11-10-15(22)20-21(18(4,5)6)16(23)13-8-7-9-14(19)12-13/h7-9,12H,1-6H3,(H,20,22). The highest BCUT2D eigenvalue weighted by atomic mass is 19.1. The van der Waals surface area contributed by atoms with Gasteiger partial charge in [-0.25, -0.2) is 9.40 Å². The Labute approximate surface area is 137 Å². The molecule has 0 unspecified atom stereocenters. The summed E-state index contributed by atoms with van der Waals surface area (Å²) in [5, 5.41) is 1.17. The van der Waals surface area contributed by atoms with Gasteiger partial charge in [0, 0.05) is 11.0 Å². The summed E-state index contributed by atoms with van der Waals surface area (Å²) < 4.78 is 13.3. The highest BCUT2D eigenvalue weighted by molar-refractivity contribution is 5.99. The second kappa shape index (κ2) is 6.82. The van der Waals surface area contributed by atoms with E-state index in [0.717, 1.165) is 6.07 Å². The Hall–Kier alpha value is -2.35. The zero-order chi connectivity index (χ0) is 17.8. The van der Waals surface area contributed by atoms with E-state index in [2.05, 4.69) is 17.3 Å². The van der Waals surface area contributed by atoms with Gasteiger partial charge in [-0.15, -0.1) is 0 Å². The molecule has 0 saturated carbocycles. The molecule has 0 aliphatic carbocycles. The van der Waals surface area contributed by atoms with Crippen LogP contribution < -0.4 is 5.43 Å². The van der Waals surface area contributed by atoms with E-state index in [9.17, 15) is 14.0 Å². The molecule has 0 radical (unpaired) electrons. The topological polar surface area (TPSA) is 49.4 Å². The molecule has 5 heteroatoms. The zero-order valence-electron chi connectivity index (χ0n) is 14.5. The molecule has 0 fully saturated rings. The maximum atomic E-state index is 13.3. The lowest BCUT2D eigenvalue weighted by Gasteiger charge is -2.34. The molecule has 4 nitrogen and oxygen atoms in total. The summed E-state index contributed by atoms with van der Waals surface area (Å²) in [6, 6.07) is 5.33. The van der Waals surface area contributed by atoms with Gasteiger partial charge in [0.05, 0.1) is 5.54 Å². The molecule has 0 aliphatic heterocycles. The first-order valence-electron chi connectivity index (χ1n) is 7.34. The Bertz CT molecular complexity index is 658. The molecule has 0 saturated heterocycles. The van der Waals surface area contributed by atoms with E-state index in [4.69, 9.17) is 0 Å². The Morgan fingerprint density at radius 3 is 2.22 bits per heavy atom. The summed E-state index contributed by atoms with van der Waals surface area (Å²) >= 11 is 0. The van der Waals surface area contributed by atoms with Gasteiger partial charge in [-0.05, 0) is 65.7 Å². The van der Waals surface area contributed by atoms with Crippen LogP contribution in [0.3, 0.4) is 0 Å². The average molecular weight is 318 g/mol. The number of hydrogen-bond donors (Lipinski definition) is 1. The van der Waals surface area contributed by atoms with Gasteiger partial charge < -0.3 is 0 Å². The second-order valence-corrected chi connectivity index (χ2v) is 7.26.